The Labute approximate surface area is 103 Å². The van der Waals surface area contributed by atoms with Gasteiger partial charge in [-0.15, -0.1) is 0 Å². The second-order valence-corrected chi connectivity index (χ2v) is 4.27. The van der Waals surface area contributed by atoms with Gasteiger partial charge in [-0.2, -0.15) is 0 Å². The van der Waals surface area contributed by atoms with E-state index in [9.17, 15) is 9.59 Å². The zero-order chi connectivity index (χ0) is 12.3. The summed E-state index contributed by atoms with van der Waals surface area (Å²) in [6.45, 7) is 0. The molecule has 0 saturated heterocycles. The van der Waals surface area contributed by atoms with Gasteiger partial charge >= 0.3 is 6.03 Å². The number of carbonyl (C=O) groups is 2. The van der Waals surface area contributed by atoms with Crippen molar-refractivity contribution in [1.82, 2.24) is 16.2 Å². The van der Waals surface area contributed by atoms with Crippen molar-refractivity contribution < 1.29 is 9.59 Å². The number of hydrogen-bond acceptors (Lipinski definition) is 2. The Morgan fingerprint density at radius 3 is 2.65 bits per heavy atom. The molecule has 1 saturated carbocycles. The molecule has 3 amide bonds. The third kappa shape index (κ3) is 3.64. The van der Waals surface area contributed by atoms with Crippen molar-refractivity contribution in [2.75, 3.05) is 0 Å². The van der Waals surface area contributed by atoms with Crippen LogP contribution in [0, 0.1) is 0 Å². The number of amides is 3. The summed E-state index contributed by atoms with van der Waals surface area (Å²) < 4.78 is 0. The van der Waals surface area contributed by atoms with Gasteiger partial charge in [-0.3, -0.25) is 10.2 Å². The fourth-order valence-corrected chi connectivity index (χ4v) is 1.45. The highest BCUT2D eigenvalue weighted by atomic mass is 35.5. The Hall–Kier alpha value is -1.75. The van der Waals surface area contributed by atoms with Gasteiger partial charge in [-0.25, -0.2) is 10.2 Å². The van der Waals surface area contributed by atoms with Crippen molar-refractivity contribution in [3.63, 3.8) is 0 Å². The number of benzene rings is 1. The highest BCUT2D eigenvalue weighted by Gasteiger charge is 2.23. The van der Waals surface area contributed by atoms with Gasteiger partial charge in [0.2, 0.25) is 0 Å². The van der Waals surface area contributed by atoms with Crippen LogP contribution in [0.15, 0.2) is 24.3 Å². The molecule has 1 fully saturated rings. The van der Waals surface area contributed by atoms with Gasteiger partial charge in [0.05, 0.1) is 0 Å². The standard InChI is InChI=1S/C11H12ClN3O2/c12-8-3-1-2-7(6-8)10(16)14-15-11(17)13-9-4-5-9/h1-3,6,9H,4-5H2,(H,14,16)(H2,13,15,17). The zero-order valence-electron chi connectivity index (χ0n) is 9.00. The molecule has 0 bridgehead atoms. The molecule has 1 aliphatic carbocycles. The molecule has 0 aliphatic heterocycles. The number of hydrogen-bond donors (Lipinski definition) is 3. The molecule has 1 aromatic rings. The molecule has 0 spiro atoms. The van der Waals surface area contributed by atoms with E-state index in [1.54, 1.807) is 18.2 Å². The first-order valence-corrected chi connectivity index (χ1v) is 5.65. The van der Waals surface area contributed by atoms with Gasteiger partial charge in [0, 0.05) is 16.6 Å². The summed E-state index contributed by atoms with van der Waals surface area (Å²) in [7, 11) is 0. The van der Waals surface area contributed by atoms with Crippen molar-refractivity contribution in [2.24, 2.45) is 0 Å². The SMILES string of the molecule is O=C(NNC(=O)c1cccc(Cl)c1)NC1CC1. The molecule has 1 aromatic carbocycles. The quantitative estimate of drug-likeness (QED) is 0.698. The molecule has 0 radical (unpaired) electrons. The third-order valence-corrected chi connectivity index (χ3v) is 2.52. The summed E-state index contributed by atoms with van der Waals surface area (Å²) in [5.74, 6) is -0.404. The van der Waals surface area contributed by atoms with Gasteiger partial charge in [-0.05, 0) is 31.0 Å². The first-order valence-electron chi connectivity index (χ1n) is 5.27. The Bertz CT molecular complexity index is 446. The molecule has 0 atom stereocenters. The van der Waals surface area contributed by atoms with E-state index in [1.165, 1.54) is 6.07 Å². The largest absolute Gasteiger partial charge is 0.334 e. The molecule has 3 N–H and O–H groups in total. The fraction of sp³-hybridized carbons (Fsp3) is 0.273. The summed E-state index contributed by atoms with van der Waals surface area (Å²) >= 11 is 5.75. The van der Waals surface area contributed by atoms with Gasteiger partial charge in [0.25, 0.3) is 5.91 Å². The number of urea groups is 1. The Kier molecular flexibility index (Phi) is 3.49. The molecule has 1 aliphatic rings. The molecule has 0 unspecified atom stereocenters. The van der Waals surface area contributed by atoms with E-state index in [0.717, 1.165) is 12.8 Å². The van der Waals surface area contributed by atoms with Crippen LogP contribution in [0.1, 0.15) is 23.2 Å². The lowest BCUT2D eigenvalue weighted by Crippen LogP contribution is -2.47. The Balaban J connectivity index is 1.82. The molecule has 5 nitrogen and oxygen atoms in total. The predicted molar refractivity (Wildman–Crippen MR) is 63.6 cm³/mol. The average Bonchev–Trinajstić information content (AvgIpc) is 3.10. The molecule has 0 heterocycles. The number of rotatable bonds is 2. The minimum atomic E-state index is -0.404. The summed E-state index contributed by atoms with van der Waals surface area (Å²) in [6.07, 6.45) is 1.99. The maximum absolute atomic E-state index is 11.6. The van der Waals surface area contributed by atoms with Gasteiger partial charge < -0.3 is 5.32 Å². The summed E-state index contributed by atoms with van der Waals surface area (Å²) in [5, 5.41) is 3.15. The molecule has 0 aromatic heterocycles. The smallest absolute Gasteiger partial charge is 0.333 e. The highest BCUT2D eigenvalue weighted by Crippen LogP contribution is 2.18. The van der Waals surface area contributed by atoms with E-state index >= 15 is 0 Å². The molecule has 6 heteroatoms. The molecular weight excluding hydrogens is 242 g/mol. The number of carbonyl (C=O) groups excluding carboxylic acids is 2. The predicted octanol–water partition coefficient (Wildman–Crippen LogP) is 1.45. The average molecular weight is 254 g/mol. The van der Waals surface area contributed by atoms with E-state index < -0.39 is 11.9 Å². The lowest BCUT2D eigenvalue weighted by molar-refractivity contribution is 0.0936. The highest BCUT2D eigenvalue weighted by molar-refractivity contribution is 6.30. The second-order valence-electron chi connectivity index (χ2n) is 3.84. The lowest BCUT2D eigenvalue weighted by atomic mass is 10.2. The van der Waals surface area contributed by atoms with Crippen molar-refractivity contribution in [3.8, 4) is 0 Å². The van der Waals surface area contributed by atoms with Crippen LogP contribution in [0.25, 0.3) is 0 Å². The fourth-order valence-electron chi connectivity index (χ4n) is 1.26. The first kappa shape index (κ1) is 11.7. The van der Waals surface area contributed by atoms with Crippen LogP contribution in [-0.2, 0) is 0 Å². The van der Waals surface area contributed by atoms with Crippen LogP contribution >= 0.6 is 11.6 Å². The van der Waals surface area contributed by atoms with E-state index in [0.29, 0.717) is 10.6 Å². The minimum Gasteiger partial charge on any atom is -0.334 e. The minimum absolute atomic E-state index is 0.248. The molecule has 2 rings (SSSR count). The zero-order valence-corrected chi connectivity index (χ0v) is 9.75. The van der Waals surface area contributed by atoms with Crippen LogP contribution in [0.4, 0.5) is 4.79 Å². The molecular formula is C11H12ClN3O2. The Morgan fingerprint density at radius 2 is 2.00 bits per heavy atom. The van der Waals surface area contributed by atoms with E-state index in [-0.39, 0.29) is 6.04 Å². The van der Waals surface area contributed by atoms with Crippen molar-refractivity contribution in [2.45, 2.75) is 18.9 Å². The first-order chi connectivity index (χ1) is 8.15. The van der Waals surface area contributed by atoms with E-state index in [2.05, 4.69) is 16.2 Å². The van der Waals surface area contributed by atoms with Crippen molar-refractivity contribution >= 4 is 23.5 Å². The van der Waals surface area contributed by atoms with Crippen LogP contribution in [0.3, 0.4) is 0 Å². The van der Waals surface area contributed by atoms with Crippen molar-refractivity contribution in [1.29, 1.82) is 0 Å². The van der Waals surface area contributed by atoms with Crippen LogP contribution in [0.5, 0.6) is 0 Å². The lowest BCUT2D eigenvalue weighted by Gasteiger charge is -2.08. The van der Waals surface area contributed by atoms with Crippen molar-refractivity contribution in [3.05, 3.63) is 34.9 Å². The topological polar surface area (TPSA) is 70.2 Å². The normalized spacial score (nSPS) is 13.9. The van der Waals surface area contributed by atoms with Crippen LogP contribution in [0.2, 0.25) is 5.02 Å². The Morgan fingerprint density at radius 1 is 1.24 bits per heavy atom. The summed E-state index contributed by atoms with van der Waals surface area (Å²) in [5.41, 5.74) is 4.97. The number of nitrogens with one attached hydrogen (secondary N) is 3. The number of halogens is 1. The maximum Gasteiger partial charge on any atom is 0.333 e. The second kappa shape index (κ2) is 5.05. The van der Waals surface area contributed by atoms with E-state index in [1.807, 2.05) is 0 Å². The molecule has 90 valence electrons. The monoisotopic (exact) mass is 253 g/mol. The van der Waals surface area contributed by atoms with E-state index in [4.69, 9.17) is 11.6 Å². The van der Waals surface area contributed by atoms with Gasteiger partial charge in [0.15, 0.2) is 0 Å². The van der Waals surface area contributed by atoms with Crippen LogP contribution in [-0.4, -0.2) is 18.0 Å². The summed E-state index contributed by atoms with van der Waals surface area (Å²) in [6, 6.07) is 6.33. The third-order valence-electron chi connectivity index (χ3n) is 2.29. The molecule has 17 heavy (non-hydrogen) atoms. The summed E-state index contributed by atoms with van der Waals surface area (Å²) in [4.78, 5) is 22.8. The van der Waals surface area contributed by atoms with Crippen LogP contribution < -0.4 is 16.2 Å². The van der Waals surface area contributed by atoms with Gasteiger partial charge in [-0.1, -0.05) is 17.7 Å². The number of hydrazine groups is 1. The van der Waals surface area contributed by atoms with Gasteiger partial charge in [0.1, 0.15) is 0 Å². The maximum atomic E-state index is 11.6.